The zero-order chi connectivity index (χ0) is 19.3. The number of pyridine rings is 1. The van der Waals surface area contributed by atoms with Gasteiger partial charge in [-0.25, -0.2) is 9.98 Å². The average molecular weight is 409 g/mol. The Labute approximate surface area is 170 Å². The summed E-state index contributed by atoms with van der Waals surface area (Å²) < 4.78 is 10.9. The first-order valence-corrected chi connectivity index (χ1v) is 9.95. The maximum atomic E-state index is 12.2. The van der Waals surface area contributed by atoms with E-state index in [9.17, 15) is 4.79 Å². The largest absolute Gasteiger partial charge is 0.497 e. The molecule has 1 amide bonds. The number of amides is 1. The van der Waals surface area contributed by atoms with Crippen LogP contribution in [-0.4, -0.2) is 23.2 Å². The highest BCUT2D eigenvalue weighted by Gasteiger charge is 2.24. The number of methoxy groups -OCH3 is 1. The highest BCUT2D eigenvalue weighted by atomic mass is 32.2. The highest BCUT2D eigenvalue weighted by molar-refractivity contribution is 8.18. The van der Waals surface area contributed by atoms with Crippen LogP contribution in [0.5, 0.6) is 5.75 Å². The third kappa shape index (κ3) is 4.47. The van der Waals surface area contributed by atoms with Gasteiger partial charge in [0.1, 0.15) is 16.5 Å². The van der Waals surface area contributed by atoms with E-state index >= 15 is 0 Å². The smallest absolute Gasteiger partial charge is 0.264 e. The molecule has 3 aromatic rings. The third-order valence-corrected chi connectivity index (χ3v) is 5.45. The van der Waals surface area contributed by atoms with Crippen LogP contribution < -0.4 is 10.1 Å². The number of aliphatic imine (C=N–C) groups is 1. The van der Waals surface area contributed by atoms with E-state index < -0.39 is 0 Å². The van der Waals surface area contributed by atoms with Crippen molar-refractivity contribution in [2.24, 2.45) is 4.99 Å². The Kier molecular flexibility index (Phi) is 5.50. The Bertz CT molecular complexity index is 1040. The molecule has 1 N–H and O–H groups in total. The van der Waals surface area contributed by atoms with E-state index in [1.807, 2.05) is 54.6 Å². The molecule has 0 aliphatic carbocycles. The molecule has 0 unspecified atom stereocenters. The lowest BCUT2D eigenvalue weighted by molar-refractivity contribution is -0.115. The molecular formula is C20H15N3O3S2. The van der Waals surface area contributed by atoms with E-state index in [4.69, 9.17) is 9.15 Å². The van der Waals surface area contributed by atoms with Crippen molar-refractivity contribution in [3.63, 3.8) is 0 Å². The summed E-state index contributed by atoms with van der Waals surface area (Å²) in [6.45, 7) is 0. The van der Waals surface area contributed by atoms with Crippen molar-refractivity contribution in [3.05, 3.63) is 71.5 Å². The van der Waals surface area contributed by atoms with Crippen LogP contribution in [-0.2, 0) is 4.79 Å². The standard InChI is InChI=1S/C20H15N3O3S2/c1-25-14-7-5-13(6-8-14)22-20-23-19(24)16(27-20)12-15-9-10-18(26-15)28-17-4-2-3-11-21-17/h2-12H,1H3,(H,22,23,24)/b16-12-. The lowest BCUT2D eigenvalue weighted by Gasteiger charge is -1.99. The number of benzene rings is 1. The van der Waals surface area contributed by atoms with Crippen LogP contribution in [0.25, 0.3) is 6.08 Å². The molecule has 1 fully saturated rings. The summed E-state index contributed by atoms with van der Waals surface area (Å²) in [5, 5.41) is 4.84. The number of hydrogen-bond donors (Lipinski definition) is 1. The Morgan fingerprint density at radius 2 is 2.04 bits per heavy atom. The van der Waals surface area contributed by atoms with Crippen LogP contribution in [0.15, 0.2) is 85.2 Å². The first kappa shape index (κ1) is 18.4. The minimum atomic E-state index is -0.201. The highest BCUT2D eigenvalue weighted by Crippen LogP contribution is 2.31. The molecule has 2 aromatic heterocycles. The van der Waals surface area contributed by atoms with Crippen molar-refractivity contribution < 1.29 is 13.9 Å². The van der Waals surface area contributed by atoms with E-state index in [1.165, 1.54) is 23.5 Å². The van der Waals surface area contributed by atoms with Crippen LogP contribution in [0.2, 0.25) is 0 Å². The lowest BCUT2D eigenvalue weighted by Crippen LogP contribution is -2.19. The molecule has 0 bridgehead atoms. The monoisotopic (exact) mass is 409 g/mol. The van der Waals surface area contributed by atoms with E-state index in [1.54, 1.807) is 19.4 Å². The number of amidine groups is 1. The molecule has 1 saturated heterocycles. The van der Waals surface area contributed by atoms with Gasteiger partial charge in [-0.1, -0.05) is 6.07 Å². The molecule has 1 aliphatic rings. The van der Waals surface area contributed by atoms with Crippen molar-refractivity contribution in [1.29, 1.82) is 0 Å². The van der Waals surface area contributed by atoms with Gasteiger partial charge in [-0.3, -0.25) is 4.79 Å². The molecule has 4 rings (SSSR count). The van der Waals surface area contributed by atoms with E-state index in [-0.39, 0.29) is 5.91 Å². The summed E-state index contributed by atoms with van der Waals surface area (Å²) >= 11 is 2.70. The van der Waals surface area contributed by atoms with Crippen LogP contribution in [0.1, 0.15) is 5.76 Å². The minimum Gasteiger partial charge on any atom is -0.497 e. The molecule has 1 aromatic carbocycles. The number of rotatable bonds is 5. The van der Waals surface area contributed by atoms with Crippen molar-refractivity contribution in [3.8, 4) is 5.75 Å². The molecule has 28 heavy (non-hydrogen) atoms. The van der Waals surface area contributed by atoms with Gasteiger partial charge in [-0.2, -0.15) is 0 Å². The average Bonchev–Trinajstić information content (AvgIpc) is 3.29. The van der Waals surface area contributed by atoms with Crippen molar-refractivity contribution in [1.82, 2.24) is 10.3 Å². The second kappa shape index (κ2) is 8.37. The number of furan rings is 1. The third-order valence-electron chi connectivity index (χ3n) is 3.67. The predicted octanol–water partition coefficient (Wildman–Crippen LogP) is 4.73. The van der Waals surface area contributed by atoms with Gasteiger partial charge in [-0.05, 0) is 72.1 Å². The van der Waals surface area contributed by atoms with Gasteiger partial charge in [0.05, 0.1) is 17.7 Å². The van der Waals surface area contributed by atoms with Crippen LogP contribution in [0.3, 0.4) is 0 Å². The second-order valence-corrected chi connectivity index (χ2v) is 7.66. The first-order valence-electron chi connectivity index (χ1n) is 8.32. The number of carbonyl (C=O) groups is 1. The lowest BCUT2D eigenvalue weighted by atomic mass is 10.3. The molecule has 0 radical (unpaired) electrons. The van der Waals surface area contributed by atoms with E-state index in [0.717, 1.165) is 16.5 Å². The number of thioether (sulfide) groups is 1. The first-order chi connectivity index (χ1) is 13.7. The normalized spacial score (nSPS) is 16.5. The quantitative estimate of drug-likeness (QED) is 0.614. The summed E-state index contributed by atoms with van der Waals surface area (Å²) in [7, 11) is 1.61. The van der Waals surface area contributed by atoms with Crippen molar-refractivity contribution >= 4 is 46.4 Å². The Balaban J connectivity index is 1.46. The molecule has 0 saturated carbocycles. The van der Waals surface area contributed by atoms with Gasteiger partial charge in [0.15, 0.2) is 10.3 Å². The zero-order valence-corrected chi connectivity index (χ0v) is 16.4. The summed E-state index contributed by atoms with van der Waals surface area (Å²) in [5.41, 5.74) is 0.733. The second-order valence-electron chi connectivity index (χ2n) is 5.61. The minimum absolute atomic E-state index is 0.201. The van der Waals surface area contributed by atoms with Gasteiger partial charge >= 0.3 is 0 Å². The number of nitrogens with zero attached hydrogens (tertiary/aromatic N) is 2. The summed E-state index contributed by atoms with van der Waals surface area (Å²) in [4.78, 5) is 21.4. The number of hydrogen-bond acceptors (Lipinski definition) is 7. The molecule has 0 spiro atoms. The van der Waals surface area contributed by atoms with E-state index in [0.29, 0.717) is 20.9 Å². The van der Waals surface area contributed by atoms with Gasteiger partial charge in [0, 0.05) is 12.3 Å². The van der Waals surface area contributed by atoms with Crippen LogP contribution >= 0.6 is 23.5 Å². The summed E-state index contributed by atoms with van der Waals surface area (Å²) in [6.07, 6.45) is 3.44. The van der Waals surface area contributed by atoms with Gasteiger partial charge in [0.25, 0.3) is 5.91 Å². The zero-order valence-electron chi connectivity index (χ0n) is 14.8. The predicted molar refractivity (Wildman–Crippen MR) is 111 cm³/mol. The van der Waals surface area contributed by atoms with Crippen LogP contribution in [0.4, 0.5) is 5.69 Å². The number of ether oxygens (including phenoxy) is 1. The Hall–Kier alpha value is -2.97. The van der Waals surface area contributed by atoms with E-state index in [2.05, 4.69) is 15.3 Å². The van der Waals surface area contributed by atoms with Crippen LogP contribution in [0, 0.1) is 0 Å². The van der Waals surface area contributed by atoms with Gasteiger partial charge in [0.2, 0.25) is 0 Å². The van der Waals surface area contributed by atoms with Crippen molar-refractivity contribution in [2.75, 3.05) is 7.11 Å². The molecule has 0 atom stereocenters. The SMILES string of the molecule is COc1ccc(N=C2NC(=O)/C(=C/c3ccc(Sc4ccccn4)o3)S2)cc1. The maximum absolute atomic E-state index is 12.2. The van der Waals surface area contributed by atoms with Crippen molar-refractivity contribution in [2.45, 2.75) is 10.1 Å². The molecule has 3 heterocycles. The maximum Gasteiger partial charge on any atom is 0.264 e. The molecule has 8 heteroatoms. The molecule has 140 valence electrons. The summed E-state index contributed by atoms with van der Waals surface area (Å²) in [6, 6.07) is 16.7. The Morgan fingerprint density at radius 3 is 2.79 bits per heavy atom. The molecular weight excluding hydrogens is 394 g/mol. The fraction of sp³-hybridized carbons (Fsp3) is 0.0500. The number of nitrogens with one attached hydrogen (secondary N) is 1. The number of aromatic nitrogens is 1. The van der Waals surface area contributed by atoms with Gasteiger partial charge in [-0.15, -0.1) is 0 Å². The van der Waals surface area contributed by atoms with Gasteiger partial charge < -0.3 is 14.5 Å². The fourth-order valence-corrected chi connectivity index (χ4v) is 3.92. The topological polar surface area (TPSA) is 76.7 Å². The molecule has 6 nitrogen and oxygen atoms in total. The summed E-state index contributed by atoms with van der Waals surface area (Å²) in [5.74, 6) is 1.15. The Morgan fingerprint density at radius 1 is 1.18 bits per heavy atom. The molecule has 1 aliphatic heterocycles. The number of carbonyl (C=O) groups excluding carboxylic acids is 1. The fourth-order valence-electron chi connectivity index (χ4n) is 2.36.